The van der Waals surface area contributed by atoms with E-state index < -0.39 is 12.6 Å². The zero-order chi connectivity index (χ0) is 21.4. The van der Waals surface area contributed by atoms with Gasteiger partial charge in [0.15, 0.2) is 0 Å². The van der Waals surface area contributed by atoms with Gasteiger partial charge in [-0.15, -0.1) is 0 Å². The van der Waals surface area contributed by atoms with E-state index >= 15 is 0 Å². The van der Waals surface area contributed by atoms with Gasteiger partial charge in [-0.05, 0) is 41.5 Å². The maximum atomic E-state index is 13.4. The lowest BCUT2D eigenvalue weighted by molar-refractivity contribution is 0.0998. The van der Waals surface area contributed by atoms with Gasteiger partial charge in [-0.1, -0.05) is 18.2 Å². The predicted octanol–water partition coefficient (Wildman–Crippen LogP) is 3.50. The summed E-state index contributed by atoms with van der Waals surface area (Å²) in [5, 5.41) is 5.72. The van der Waals surface area contributed by atoms with Crippen molar-refractivity contribution < 1.29 is 9.18 Å². The van der Waals surface area contributed by atoms with Crippen LogP contribution in [0, 0.1) is 0 Å². The van der Waals surface area contributed by atoms with Gasteiger partial charge in [-0.2, -0.15) is 5.10 Å². The van der Waals surface area contributed by atoms with Gasteiger partial charge in [-0.3, -0.25) is 9.78 Å². The second kappa shape index (κ2) is 7.56. The van der Waals surface area contributed by atoms with Crippen molar-refractivity contribution in [3.05, 3.63) is 89.5 Å². The molecule has 0 aliphatic heterocycles. The van der Waals surface area contributed by atoms with Gasteiger partial charge in [-0.25, -0.2) is 18.9 Å². The van der Waals surface area contributed by atoms with Crippen molar-refractivity contribution in [2.24, 2.45) is 5.73 Å². The van der Waals surface area contributed by atoms with E-state index in [1.807, 2.05) is 24.3 Å². The number of nitrogens with two attached hydrogens (primary N) is 1. The van der Waals surface area contributed by atoms with E-state index in [4.69, 9.17) is 5.73 Å². The highest BCUT2D eigenvalue weighted by atomic mass is 19.1. The average molecular weight is 412 g/mol. The first-order valence-electron chi connectivity index (χ1n) is 9.65. The first kappa shape index (κ1) is 18.8. The van der Waals surface area contributed by atoms with Crippen molar-refractivity contribution >= 4 is 22.6 Å². The zero-order valence-corrected chi connectivity index (χ0v) is 16.4. The normalized spacial score (nSPS) is 11.3. The Bertz CT molecular complexity index is 1450. The summed E-state index contributed by atoms with van der Waals surface area (Å²) in [7, 11) is 0. The van der Waals surface area contributed by atoms with Crippen molar-refractivity contribution in [2.75, 3.05) is 0 Å². The summed E-state index contributed by atoms with van der Waals surface area (Å²) in [5.74, 6) is -0.191. The number of hydrogen-bond donors (Lipinski definition) is 1. The second-order valence-corrected chi connectivity index (χ2v) is 7.18. The molecule has 5 aromatic rings. The summed E-state index contributed by atoms with van der Waals surface area (Å²) in [4.78, 5) is 24.5. The highest BCUT2D eigenvalue weighted by Gasteiger charge is 2.13. The number of pyridine rings is 1. The van der Waals surface area contributed by atoms with Crippen molar-refractivity contribution in [3.63, 3.8) is 0 Å². The molecule has 0 saturated carbocycles. The van der Waals surface area contributed by atoms with Crippen LogP contribution in [0.25, 0.3) is 27.9 Å². The fourth-order valence-corrected chi connectivity index (χ4v) is 3.62. The number of nitrogens with zero attached hydrogens (tertiary/aromatic N) is 5. The molecule has 152 valence electrons. The van der Waals surface area contributed by atoms with E-state index in [1.165, 1.54) is 6.07 Å². The Balaban J connectivity index is 1.53. The van der Waals surface area contributed by atoms with Crippen LogP contribution < -0.4 is 5.73 Å². The van der Waals surface area contributed by atoms with E-state index in [9.17, 15) is 9.18 Å². The Hall–Kier alpha value is -4.20. The van der Waals surface area contributed by atoms with Crippen LogP contribution >= 0.6 is 0 Å². The molecule has 5 rings (SSSR count). The number of primary amides is 1. The van der Waals surface area contributed by atoms with Crippen molar-refractivity contribution in [3.8, 4) is 11.3 Å². The van der Waals surface area contributed by atoms with Crippen LogP contribution in [-0.2, 0) is 13.1 Å². The molecule has 0 fully saturated rings. The largest absolute Gasteiger partial charge is 0.366 e. The third kappa shape index (κ3) is 3.48. The molecule has 8 heteroatoms. The molecule has 0 bridgehead atoms. The fourth-order valence-electron chi connectivity index (χ4n) is 3.62. The fraction of sp³-hybridized carbons (Fsp3) is 0.0870. The zero-order valence-electron chi connectivity index (χ0n) is 16.4. The number of rotatable bonds is 5. The van der Waals surface area contributed by atoms with E-state index in [2.05, 4.69) is 26.1 Å². The van der Waals surface area contributed by atoms with Gasteiger partial charge in [0.2, 0.25) is 5.91 Å². The quantitative estimate of drug-likeness (QED) is 0.476. The lowest BCUT2D eigenvalue weighted by Gasteiger charge is -2.08. The lowest BCUT2D eigenvalue weighted by atomic mass is 10.0. The Labute approximate surface area is 176 Å². The number of benzene rings is 2. The molecule has 0 spiro atoms. The number of amides is 1. The summed E-state index contributed by atoms with van der Waals surface area (Å²) in [6.07, 6.45) is 5.71. The number of aromatic nitrogens is 5. The topological polar surface area (TPSA) is 99.1 Å². The second-order valence-electron chi connectivity index (χ2n) is 7.18. The van der Waals surface area contributed by atoms with E-state index in [-0.39, 0.29) is 11.1 Å². The molecule has 31 heavy (non-hydrogen) atoms. The van der Waals surface area contributed by atoms with Crippen LogP contribution in [0.5, 0.6) is 0 Å². The van der Waals surface area contributed by atoms with Crippen molar-refractivity contribution in [1.29, 1.82) is 0 Å². The maximum Gasteiger partial charge on any atom is 0.250 e. The van der Waals surface area contributed by atoms with E-state index in [0.717, 1.165) is 22.2 Å². The number of alkyl halides is 1. The highest BCUT2D eigenvalue weighted by Crippen LogP contribution is 2.22. The standard InChI is InChI=1S/C23H17FN6O/c24-11-17-10-16(4-5-19(17)22(25)31)21-13-28-23-27-12-18(30(23)29-21)9-14-3-6-20-15(8-14)2-1-7-26-20/h1-8,10,12-13H,9,11H2,(H2,25,31). The smallest absolute Gasteiger partial charge is 0.250 e. The van der Waals surface area contributed by atoms with Crippen LogP contribution in [0.15, 0.2) is 67.1 Å². The predicted molar refractivity (Wildman–Crippen MR) is 114 cm³/mol. The molecule has 0 aliphatic rings. The van der Waals surface area contributed by atoms with Crippen molar-refractivity contribution in [2.45, 2.75) is 13.1 Å². The molecule has 0 unspecified atom stereocenters. The molecule has 0 radical (unpaired) electrons. The number of halogens is 1. The number of carbonyl (C=O) groups excluding carboxylic acids is 1. The Morgan fingerprint density at radius 2 is 1.90 bits per heavy atom. The monoisotopic (exact) mass is 412 g/mol. The van der Waals surface area contributed by atoms with Crippen LogP contribution in [0.2, 0.25) is 0 Å². The summed E-state index contributed by atoms with van der Waals surface area (Å²) < 4.78 is 15.1. The Morgan fingerprint density at radius 3 is 2.74 bits per heavy atom. The Kier molecular flexibility index (Phi) is 4.59. The number of fused-ring (bicyclic) bond motifs is 2. The number of hydrogen-bond acceptors (Lipinski definition) is 5. The molecule has 3 aromatic heterocycles. The van der Waals surface area contributed by atoms with Crippen molar-refractivity contribution in [1.82, 2.24) is 24.6 Å². The molecule has 0 aliphatic carbocycles. The minimum atomic E-state index is -0.797. The van der Waals surface area contributed by atoms with Gasteiger partial charge in [0.05, 0.1) is 23.6 Å². The van der Waals surface area contributed by atoms with Crippen LogP contribution in [0.4, 0.5) is 4.39 Å². The van der Waals surface area contributed by atoms with Crippen LogP contribution in [-0.4, -0.2) is 30.5 Å². The number of carbonyl (C=O) groups is 1. The van der Waals surface area contributed by atoms with Gasteiger partial charge in [0.1, 0.15) is 12.4 Å². The SMILES string of the molecule is NC(=O)c1ccc(-c2cnc3ncc(Cc4ccc5ncccc5c4)n3n2)cc1CF. The van der Waals surface area contributed by atoms with Crippen LogP contribution in [0.3, 0.4) is 0 Å². The first-order valence-corrected chi connectivity index (χ1v) is 9.65. The molecule has 0 saturated heterocycles. The molecule has 3 heterocycles. The third-order valence-electron chi connectivity index (χ3n) is 5.16. The lowest BCUT2D eigenvalue weighted by Crippen LogP contribution is -2.13. The molecule has 1 amide bonds. The van der Waals surface area contributed by atoms with Gasteiger partial charge in [0.25, 0.3) is 5.78 Å². The Morgan fingerprint density at radius 1 is 1.03 bits per heavy atom. The minimum absolute atomic E-state index is 0.161. The summed E-state index contributed by atoms with van der Waals surface area (Å²) in [5.41, 5.74) is 9.79. The van der Waals surface area contributed by atoms with Gasteiger partial charge < -0.3 is 5.73 Å². The van der Waals surface area contributed by atoms with Gasteiger partial charge >= 0.3 is 0 Å². The molecular weight excluding hydrogens is 395 g/mol. The summed E-state index contributed by atoms with van der Waals surface area (Å²) in [6, 6.07) is 14.8. The maximum absolute atomic E-state index is 13.4. The third-order valence-corrected chi connectivity index (χ3v) is 5.16. The van der Waals surface area contributed by atoms with E-state index in [0.29, 0.717) is 23.5 Å². The van der Waals surface area contributed by atoms with Gasteiger partial charge in [0, 0.05) is 29.1 Å². The summed E-state index contributed by atoms with van der Waals surface area (Å²) >= 11 is 0. The highest BCUT2D eigenvalue weighted by molar-refractivity contribution is 5.94. The molecular formula is C23H17FN6O. The summed E-state index contributed by atoms with van der Waals surface area (Å²) in [6.45, 7) is -0.797. The molecule has 7 nitrogen and oxygen atoms in total. The molecule has 2 N–H and O–H groups in total. The van der Waals surface area contributed by atoms with E-state index in [1.54, 1.807) is 35.2 Å². The number of imidazole rings is 1. The minimum Gasteiger partial charge on any atom is -0.366 e. The molecule has 0 atom stereocenters. The average Bonchev–Trinajstić information content (AvgIpc) is 3.20. The first-order chi connectivity index (χ1) is 15.1. The molecule has 2 aromatic carbocycles. The van der Waals surface area contributed by atoms with Crippen LogP contribution in [0.1, 0.15) is 27.2 Å².